The number of aromatic hydroxyl groups is 1. The fourth-order valence-corrected chi connectivity index (χ4v) is 3.14. The number of aryl methyl sites for hydroxylation is 1. The van der Waals surface area contributed by atoms with E-state index in [4.69, 9.17) is 4.74 Å². The van der Waals surface area contributed by atoms with Crippen molar-refractivity contribution in [2.45, 2.75) is 38.8 Å². The lowest BCUT2D eigenvalue weighted by molar-refractivity contribution is 0.0854. The quantitative estimate of drug-likeness (QED) is 0.879. The van der Waals surface area contributed by atoms with E-state index in [0.717, 1.165) is 19.3 Å². The Labute approximate surface area is 140 Å². The first-order chi connectivity index (χ1) is 11.6. The lowest BCUT2D eigenvalue weighted by Crippen LogP contribution is -2.37. The summed E-state index contributed by atoms with van der Waals surface area (Å²) in [4.78, 5) is 25.2. The molecule has 0 unspecified atom stereocenters. The Hall–Kier alpha value is -2.34. The Bertz CT molecular complexity index is 807. The second-order valence-corrected chi connectivity index (χ2v) is 6.04. The van der Waals surface area contributed by atoms with Crippen molar-refractivity contribution < 1.29 is 14.6 Å². The lowest BCUT2D eigenvalue weighted by atomic mass is 10.1. The van der Waals surface area contributed by atoms with Gasteiger partial charge < -0.3 is 19.7 Å². The molecule has 0 saturated carbocycles. The van der Waals surface area contributed by atoms with Crippen molar-refractivity contribution in [3.63, 3.8) is 0 Å². The smallest absolute Gasteiger partial charge is 0.267 e. The number of pyridine rings is 1. The van der Waals surface area contributed by atoms with Crippen LogP contribution in [0.2, 0.25) is 0 Å². The van der Waals surface area contributed by atoms with Crippen molar-refractivity contribution in [1.29, 1.82) is 0 Å². The normalized spacial score (nSPS) is 17.3. The van der Waals surface area contributed by atoms with Crippen LogP contribution in [-0.2, 0) is 11.3 Å². The number of para-hydroxylation sites is 1. The number of amides is 1. The highest BCUT2D eigenvalue weighted by atomic mass is 16.5. The molecule has 1 aromatic carbocycles. The van der Waals surface area contributed by atoms with E-state index in [1.165, 1.54) is 0 Å². The fourth-order valence-electron chi connectivity index (χ4n) is 3.14. The standard InChI is InChI=1S/C18H22N2O4/c1-2-9-20-14-8-4-3-7-13(14)16(21)15(18(20)23)17(22)19-11-12-6-5-10-24-12/h3-4,7-8,12,21H,2,5-6,9-11H2,1H3,(H,19,22)/t12-/m1/s1. The van der Waals surface area contributed by atoms with Crippen LogP contribution in [0.3, 0.4) is 0 Å². The van der Waals surface area contributed by atoms with Crippen LogP contribution in [0.1, 0.15) is 36.5 Å². The first-order valence-electron chi connectivity index (χ1n) is 8.37. The zero-order valence-corrected chi connectivity index (χ0v) is 13.7. The van der Waals surface area contributed by atoms with E-state index >= 15 is 0 Å². The molecule has 1 aromatic heterocycles. The first kappa shape index (κ1) is 16.5. The van der Waals surface area contributed by atoms with Crippen molar-refractivity contribution in [1.82, 2.24) is 9.88 Å². The van der Waals surface area contributed by atoms with Gasteiger partial charge in [0.05, 0.1) is 11.6 Å². The number of rotatable bonds is 5. The molecular formula is C18H22N2O4. The zero-order valence-electron chi connectivity index (χ0n) is 13.7. The molecule has 0 bridgehead atoms. The molecule has 128 valence electrons. The van der Waals surface area contributed by atoms with Gasteiger partial charge in [-0.2, -0.15) is 0 Å². The Balaban J connectivity index is 1.99. The molecule has 6 heteroatoms. The third-order valence-electron chi connectivity index (χ3n) is 4.33. The molecule has 0 radical (unpaired) electrons. The molecule has 0 spiro atoms. The number of hydrogen-bond donors (Lipinski definition) is 2. The minimum atomic E-state index is -0.552. The number of hydrogen-bond acceptors (Lipinski definition) is 4. The molecule has 1 aliphatic heterocycles. The highest BCUT2D eigenvalue weighted by Crippen LogP contribution is 2.26. The Morgan fingerprint density at radius 2 is 2.21 bits per heavy atom. The number of ether oxygens (including phenoxy) is 1. The molecule has 6 nitrogen and oxygen atoms in total. The highest BCUT2D eigenvalue weighted by molar-refractivity contribution is 6.02. The highest BCUT2D eigenvalue weighted by Gasteiger charge is 2.23. The van der Waals surface area contributed by atoms with Gasteiger partial charge in [0.25, 0.3) is 11.5 Å². The van der Waals surface area contributed by atoms with Crippen molar-refractivity contribution in [2.75, 3.05) is 13.2 Å². The number of carbonyl (C=O) groups is 1. The second kappa shape index (κ2) is 7.05. The summed E-state index contributed by atoms with van der Waals surface area (Å²) in [5.74, 6) is -0.809. The molecule has 0 aliphatic carbocycles. The van der Waals surface area contributed by atoms with Crippen LogP contribution in [0, 0.1) is 0 Å². The van der Waals surface area contributed by atoms with Gasteiger partial charge in [-0.3, -0.25) is 9.59 Å². The van der Waals surface area contributed by atoms with Crippen molar-refractivity contribution in [3.05, 3.63) is 40.2 Å². The van der Waals surface area contributed by atoms with Crippen LogP contribution in [0.15, 0.2) is 29.1 Å². The molecule has 1 aliphatic rings. The maximum Gasteiger partial charge on any atom is 0.267 e. The van der Waals surface area contributed by atoms with Crippen LogP contribution in [0.5, 0.6) is 5.75 Å². The Kier molecular flexibility index (Phi) is 4.85. The average molecular weight is 330 g/mol. The molecular weight excluding hydrogens is 308 g/mol. The minimum Gasteiger partial charge on any atom is -0.506 e. The fraction of sp³-hybridized carbons (Fsp3) is 0.444. The zero-order chi connectivity index (χ0) is 17.1. The van der Waals surface area contributed by atoms with E-state index in [1.807, 2.05) is 13.0 Å². The molecule has 3 rings (SSSR count). The molecule has 1 saturated heterocycles. The molecule has 1 atom stereocenters. The van der Waals surface area contributed by atoms with E-state index < -0.39 is 11.5 Å². The summed E-state index contributed by atoms with van der Waals surface area (Å²) in [5.41, 5.74) is -0.0180. The number of carbonyl (C=O) groups excluding carboxylic acids is 1. The number of aromatic nitrogens is 1. The molecule has 24 heavy (non-hydrogen) atoms. The monoisotopic (exact) mass is 330 g/mol. The largest absolute Gasteiger partial charge is 0.506 e. The molecule has 1 fully saturated rings. The molecule has 2 heterocycles. The molecule has 1 amide bonds. The van der Waals surface area contributed by atoms with E-state index in [9.17, 15) is 14.7 Å². The second-order valence-electron chi connectivity index (χ2n) is 6.04. The van der Waals surface area contributed by atoms with Gasteiger partial charge in [0, 0.05) is 25.1 Å². The van der Waals surface area contributed by atoms with Crippen LogP contribution in [0.25, 0.3) is 10.9 Å². The summed E-state index contributed by atoms with van der Waals surface area (Å²) in [6.07, 6.45) is 2.61. The van der Waals surface area contributed by atoms with E-state index in [2.05, 4.69) is 5.32 Å². The predicted molar refractivity (Wildman–Crippen MR) is 91.5 cm³/mol. The van der Waals surface area contributed by atoms with Gasteiger partial charge in [-0.25, -0.2) is 0 Å². The maximum absolute atomic E-state index is 12.7. The van der Waals surface area contributed by atoms with E-state index in [-0.39, 0.29) is 17.4 Å². The first-order valence-corrected chi connectivity index (χ1v) is 8.37. The summed E-state index contributed by atoms with van der Waals surface area (Å²) >= 11 is 0. The van der Waals surface area contributed by atoms with Gasteiger partial charge in [-0.15, -0.1) is 0 Å². The summed E-state index contributed by atoms with van der Waals surface area (Å²) in [7, 11) is 0. The summed E-state index contributed by atoms with van der Waals surface area (Å²) in [6.45, 7) is 3.50. The van der Waals surface area contributed by atoms with Gasteiger partial charge in [-0.1, -0.05) is 19.1 Å². The summed E-state index contributed by atoms with van der Waals surface area (Å²) in [6, 6.07) is 7.08. The SMILES string of the molecule is CCCn1c(=O)c(C(=O)NC[C@H]2CCCO2)c(O)c2ccccc21. The van der Waals surface area contributed by atoms with Crippen molar-refractivity contribution >= 4 is 16.8 Å². The Morgan fingerprint density at radius 1 is 1.42 bits per heavy atom. The van der Waals surface area contributed by atoms with Crippen LogP contribution in [-0.4, -0.2) is 34.8 Å². The maximum atomic E-state index is 12.7. The Morgan fingerprint density at radius 3 is 2.92 bits per heavy atom. The third-order valence-corrected chi connectivity index (χ3v) is 4.33. The summed E-state index contributed by atoms with van der Waals surface area (Å²) in [5, 5.41) is 13.7. The minimum absolute atomic E-state index is 0.0191. The van der Waals surface area contributed by atoms with Crippen molar-refractivity contribution in [2.24, 2.45) is 0 Å². The van der Waals surface area contributed by atoms with Crippen LogP contribution < -0.4 is 10.9 Å². The van der Waals surface area contributed by atoms with E-state index in [0.29, 0.717) is 30.6 Å². The predicted octanol–water partition coefficient (Wildman–Crippen LogP) is 2.03. The van der Waals surface area contributed by atoms with Gasteiger partial charge >= 0.3 is 0 Å². The van der Waals surface area contributed by atoms with Gasteiger partial charge in [0.15, 0.2) is 0 Å². The van der Waals surface area contributed by atoms with Gasteiger partial charge in [-0.05, 0) is 31.4 Å². The molecule has 2 N–H and O–H groups in total. The number of nitrogens with zero attached hydrogens (tertiary/aromatic N) is 1. The van der Waals surface area contributed by atoms with Crippen molar-refractivity contribution in [3.8, 4) is 5.75 Å². The number of benzene rings is 1. The van der Waals surface area contributed by atoms with Crippen LogP contribution in [0.4, 0.5) is 0 Å². The molecule has 2 aromatic rings. The average Bonchev–Trinajstić information content (AvgIpc) is 3.10. The summed E-state index contributed by atoms with van der Waals surface area (Å²) < 4.78 is 7.02. The van der Waals surface area contributed by atoms with E-state index in [1.54, 1.807) is 22.8 Å². The third kappa shape index (κ3) is 3.01. The lowest BCUT2D eigenvalue weighted by Gasteiger charge is -2.15. The number of nitrogens with one attached hydrogen (secondary N) is 1. The topological polar surface area (TPSA) is 80.6 Å². The number of fused-ring (bicyclic) bond motifs is 1. The van der Waals surface area contributed by atoms with Crippen LogP contribution >= 0.6 is 0 Å². The van der Waals surface area contributed by atoms with Gasteiger partial charge in [0.2, 0.25) is 0 Å². The van der Waals surface area contributed by atoms with Gasteiger partial charge in [0.1, 0.15) is 11.3 Å².